The van der Waals surface area contributed by atoms with Crippen LogP contribution in [0.25, 0.3) is 0 Å². The van der Waals surface area contributed by atoms with E-state index in [9.17, 15) is 30.6 Å². The molecule has 1 aliphatic heterocycles. The molecule has 0 bridgehead atoms. The van der Waals surface area contributed by atoms with Gasteiger partial charge in [0, 0.05) is 17.9 Å². The van der Waals surface area contributed by atoms with Gasteiger partial charge in [-0.05, 0) is 49.0 Å². The highest BCUT2D eigenvalue weighted by atomic mass is 16.7. The number of ether oxygens (including phenoxy) is 2. The average Bonchev–Trinajstić information content (AvgIpc) is 3.36. The predicted octanol–water partition coefficient (Wildman–Crippen LogP) is 0.880. The maximum absolute atomic E-state index is 11.7. The molecule has 34 heavy (non-hydrogen) atoms. The third-order valence-electron chi connectivity index (χ3n) is 8.90. The third-order valence-corrected chi connectivity index (χ3v) is 8.90. The Balaban J connectivity index is 1.78. The standard InChI is InChI=1S/C26H42O8/c1-12(2)15-7-8-26(4)9-17-14(10-27)5-6-16(17)13(3)20(29)24(19(15)26)34-25-23(32)22(31)21(30)18(11-28)33-25/h9,12-14,16,18,20-25,27-32H,5-8,10-11H2,1-4H3/t13-,14-,16+,18-,20-,21?,22?,23?,24-,25-,26-/m1/s1. The van der Waals surface area contributed by atoms with Crippen LogP contribution in [0.4, 0.5) is 0 Å². The molecule has 0 aromatic carbocycles. The number of allylic oxidation sites excluding steroid dienone is 2. The van der Waals surface area contributed by atoms with Crippen molar-refractivity contribution in [3.05, 3.63) is 22.8 Å². The lowest BCUT2D eigenvalue weighted by molar-refractivity contribution is -0.315. The van der Waals surface area contributed by atoms with E-state index in [4.69, 9.17) is 9.47 Å². The lowest BCUT2D eigenvalue weighted by Crippen LogP contribution is -2.60. The summed E-state index contributed by atoms with van der Waals surface area (Å²) in [6.07, 6.45) is -2.83. The Bertz CT molecular complexity index is 807. The van der Waals surface area contributed by atoms with Crippen molar-refractivity contribution in [2.24, 2.45) is 29.1 Å². The van der Waals surface area contributed by atoms with E-state index in [1.54, 1.807) is 0 Å². The first-order chi connectivity index (χ1) is 16.0. The molecular formula is C26H42O8. The molecule has 3 unspecified atom stereocenters. The van der Waals surface area contributed by atoms with E-state index in [0.717, 1.165) is 31.3 Å². The molecule has 0 spiro atoms. The van der Waals surface area contributed by atoms with E-state index in [-0.39, 0.29) is 35.7 Å². The van der Waals surface area contributed by atoms with Gasteiger partial charge in [-0.1, -0.05) is 44.9 Å². The summed E-state index contributed by atoms with van der Waals surface area (Å²) in [5.41, 5.74) is 3.03. The molecule has 1 heterocycles. The second kappa shape index (κ2) is 9.90. The van der Waals surface area contributed by atoms with Crippen LogP contribution in [0.3, 0.4) is 0 Å². The molecule has 3 aliphatic carbocycles. The molecule has 2 fully saturated rings. The van der Waals surface area contributed by atoms with Crippen LogP contribution >= 0.6 is 0 Å². The lowest BCUT2D eigenvalue weighted by atomic mass is 9.68. The molecule has 6 N–H and O–H groups in total. The van der Waals surface area contributed by atoms with Gasteiger partial charge in [0.2, 0.25) is 0 Å². The molecule has 0 amide bonds. The SMILES string of the molecule is CC(C)C1=C2[C@@H](O[C@H]3O[C@H](CO)C(O)C(O)C3O)[C@H](O)[C@H](C)[C@@H]3CC[C@H](CO)C3=C[C@@]2(C)CC1. The molecule has 0 aromatic rings. The molecule has 0 radical (unpaired) electrons. The molecule has 8 heteroatoms. The highest BCUT2D eigenvalue weighted by molar-refractivity contribution is 5.41. The maximum atomic E-state index is 11.7. The second-order valence-corrected chi connectivity index (χ2v) is 11.3. The number of fused-ring (bicyclic) bond motifs is 2. The van der Waals surface area contributed by atoms with Gasteiger partial charge in [0.1, 0.15) is 30.5 Å². The Hall–Kier alpha value is -0.840. The minimum Gasteiger partial charge on any atom is -0.396 e. The van der Waals surface area contributed by atoms with Crippen molar-refractivity contribution in [1.82, 2.24) is 0 Å². The number of hydrogen-bond acceptors (Lipinski definition) is 8. The van der Waals surface area contributed by atoms with Crippen molar-refractivity contribution in [3.8, 4) is 0 Å². The summed E-state index contributed by atoms with van der Waals surface area (Å²) in [5, 5.41) is 62.5. The van der Waals surface area contributed by atoms with Gasteiger partial charge >= 0.3 is 0 Å². The summed E-state index contributed by atoms with van der Waals surface area (Å²) >= 11 is 0. The quantitative estimate of drug-likeness (QED) is 0.318. The van der Waals surface area contributed by atoms with Gasteiger partial charge < -0.3 is 40.1 Å². The zero-order valence-corrected chi connectivity index (χ0v) is 20.7. The highest BCUT2D eigenvalue weighted by Crippen LogP contribution is 2.55. The Morgan fingerprint density at radius 1 is 1.03 bits per heavy atom. The van der Waals surface area contributed by atoms with Crippen molar-refractivity contribution in [1.29, 1.82) is 0 Å². The fourth-order valence-corrected chi connectivity index (χ4v) is 6.82. The zero-order valence-electron chi connectivity index (χ0n) is 20.7. The van der Waals surface area contributed by atoms with Crippen molar-refractivity contribution < 1.29 is 40.1 Å². The predicted molar refractivity (Wildman–Crippen MR) is 124 cm³/mol. The normalized spacial score (nSPS) is 47.3. The van der Waals surface area contributed by atoms with Crippen molar-refractivity contribution in [2.75, 3.05) is 13.2 Å². The smallest absolute Gasteiger partial charge is 0.187 e. The summed E-state index contributed by atoms with van der Waals surface area (Å²) in [6.45, 7) is 7.96. The highest BCUT2D eigenvalue weighted by Gasteiger charge is 2.52. The van der Waals surface area contributed by atoms with Crippen molar-refractivity contribution in [3.63, 3.8) is 0 Å². The molecule has 11 atom stereocenters. The van der Waals surface area contributed by atoms with E-state index in [2.05, 4.69) is 26.8 Å². The molecule has 194 valence electrons. The summed E-state index contributed by atoms with van der Waals surface area (Å²) < 4.78 is 12.0. The summed E-state index contributed by atoms with van der Waals surface area (Å²) in [5.74, 6) is 0.285. The summed E-state index contributed by atoms with van der Waals surface area (Å²) in [7, 11) is 0. The summed E-state index contributed by atoms with van der Waals surface area (Å²) in [4.78, 5) is 0. The Morgan fingerprint density at radius 3 is 2.35 bits per heavy atom. The van der Waals surface area contributed by atoms with Gasteiger partial charge in [0.25, 0.3) is 0 Å². The molecule has 8 nitrogen and oxygen atoms in total. The average molecular weight is 483 g/mol. The van der Waals surface area contributed by atoms with Crippen LogP contribution in [0.1, 0.15) is 53.4 Å². The van der Waals surface area contributed by atoms with Crippen LogP contribution in [0.2, 0.25) is 0 Å². The number of aliphatic hydroxyl groups excluding tert-OH is 6. The van der Waals surface area contributed by atoms with E-state index >= 15 is 0 Å². The first-order valence-corrected chi connectivity index (χ1v) is 12.7. The van der Waals surface area contributed by atoms with Gasteiger partial charge in [-0.15, -0.1) is 0 Å². The Labute approximate surface area is 201 Å². The van der Waals surface area contributed by atoms with Crippen molar-refractivity contribution in [2.45, 2.75) is 96.3 Å². The van der Waals surface area contributed by atoms with Crippen LogP contribution in [-0.4, -0.2) is 86.8 Å². The van der Waals surface area contributed by atoms with Gasteiger partial charge in [0.15, 0.2) is 6.29 Å². The van der Waals surface area contributed by atoms with Gasteiger partial charge in [-0.2, -0.15) is 0 Å². The third kappa shape index (κ3) is 4.30. The monoisotopic (exact) mass is 482 g/mol. The maximum Gasteiger partial charge on any atom is 0.187 e. The van der Waals surface area contributed by atoms with Gasteiger partial charge in [0.05, 0.1) is 12.7 Å². The fourth-order valence-electron chi connectivity index (χ4n) is 6.82. The Morgan fingerprint density at radius 2 is 1.74 bits per heavy atom. The minimum absolute atomic E-state index is 0.0993. The van der Waals surface area contributed by atoms with Crippen molar-refractivity contribution >= 4 is 0 Å². The van der Waals surface area contributed by atoms with Crippen LogP contribution in [0, 0.1) is 29.1 Å². The molecule has 4 aliphatic rings. The molecule has 1 saturated heterocycles. The molecule has 4 rings (SSSR count). The number of hydrogen-bond donors (Lipinski definition) is 6. The van der Waals surface area contributed by atoms with Crippen LogP contribution in [0.15, 0.2) is 22.8 Å². The molecular weight excluding hydrogens is 440 g/mol. The van der Waals surface area contributed by atoms with E-state index in [0.29, 0.717) is 0 Å². The Kier molecular flexibility index (Phi) is 7.64. The minimum atomic E-state index is -1.54. The first-order valence-electron chi connectivity index (χ1n) is 12.7. The largest absolute Gasteiger partial charge is 0.396 e. The van der Waals surface area contributed by atoms with Crippen LogP contribution < -0.4 is 0 Å². The van der Waals surface area contributed by atoms with E-state index in [1.807, 2.05) is 6.92 Å². The van der Waals surface area contributed by atoms with Crippen LogP contribution in [-0.2, 0) is 9.47 Å². The van der Waals surface area contributed by atoms with Gasteiger partial charge in [-0.3, -0.25) is 0 Å². The molecule has 0 aromatic heterocycles. The topological polar surface area (TPSA) is 140 Å². The van der Waals surface area contributed by atoms with Crippen LogP contribution in [0.5, 0.6) is 0 Å². The van der Waals surface area contributed by atoms with E-state index < -0.39 is 49.5 Å². The first kappa shape index (κ1) is 26.2. The second-order valence-electron chi connectivity index (χ2n) is 11.3. The number of aliphatic hydroxyl groups is 6. The van der Waals surface area contributed by atoms with Gasteiger partial charge in [-0.25, -0.2) is 0 Å². The van der Waals surface area contributed by atoms with E-state index in [1.165, 1.54) is 11.1 Å². The number of rotatable bonds is 5. The molecule has 1 saturated carbocycles. The summed E-state index contributed by atoms with van der Waals surface area (Å²) in [6, 6.07) is 0. The lowest BCUT2D eigenvalue weighted by Gasteiger charge is -2.45. The fraction of sp³-hybridized carbons (Fsp3) is 0.846. The zero-order chi connectivity index (χ0) is 24.9.